The van der Waals surface area contributed by atoms with Crippen molar-refractivity contribution in [3.8, 4) is 0 Å². The molecule has 2 amide bonds. The van der Waals surface area contributed by atoms with E-state index in [-0.39, 0.29) is 18.4 Å². The van der Waals surface area contributed by atoms with E-state index in [4.69, 9.17) is 5.73 Å². The first-order chi connectivity index (χ1) is 9.13. The molecule has 100 valence electrons. The van der Waals surface area contributed by atoms with E-state index >= 15 is 0 Å². The van der Waals surface area contributed by atoms with Gasteiger partial charge in [0.15, 0.2) is 0 Å². The van der Waals surface area contributed by atoms with Crippen LogP contribution < -0.4 is 16.4 Å². The van der Waals surface area contributed by atoms with Crippen molar-refractivity contribution in [3.63, 3.8) is 0 Å². The Morgan fingerprint density at radius 2 is 1.95 bits per heavy atom. The van der Waals surface area contributed by atoms with Gasteiger partial charge in [0.25, 0.3) is 0 Å². The minimum atomic E-state index is -0.289. The smallest absolute Gasteiger partial charge is 0.244 e. The van der Waals surface area contributed by atoms with Crippen molar-refractivity contribution < 1.29 is 9.59 Å². The van der Waals surface area contributed by atoms with Crippen LogP contribution in [0.5, 0.6) is 0 Å². The first-order valence-electron chi connectivity index (χ1n) is 6.24. The van der Waals surface area contributed by atoms with Crippen molar-refractivity contribution in [2.24, 2.45) is 0 Å². The number of rotatable bonds is 5. The lowest BCUT2D eigenvalue weighted by Gasteiger charge is -2.03. The molecule has 1 aromatic carbocycles. The third-order valence-corrected chi connectivity index (χ3v) is 2.73. The van der Waals surface area contributed by atoms with Crippen molar-refractivity contribution >= 4 is 23.6 Å². The minimum Gasteiger partial charge on any atom is -0.399 e. The Balaban J connectivity index is 1.73. The lowest BCUT2D eigenvalue weighted by Crippen LogP contribution is -2.37. The third kappa shape index (κ3) is 4.83. The van der Waals surface area contributed by atoms with Gasteiger partial charge in [-0.15, -0.1) is 0 Å². The maximum Gasteiger partial charge on any atom is 0.244 e. The van der Waals surface area contributed by atoms with Crippen LogP contribution in [0.1, 0.15) is 18.4 Å². The number of nitrogen functional groups attached to an aromatic ring is 1. The summed E-state index contributed by atoms with van der Waals surface area (Å²) in [5, 5.41) is 5.33. The summed E-state index contributed by atoms with van der Waals surface area (Å²) >= 11 is 0. The van der Waals surface area contributed by atoms with Gasteiger partial charge >= 0.3 is 0 Å². The summed E-state index contributed by atoms with van der Waals surface area (Å²) in [5.41, 5.74) is 7.12. The highest BCUT2D eigenvalue weighted by molar-refractivity contribution is 5.94. The fourth-order valence-electron chi connectivity index (χ4n) is 1.51. The Hall–Kier alpha value is -2.30. The molecule has 1 aromatic rings. The lowest BCUT2D eigenvalue weighted by molar-refractivity contribution is -0.124. The van der Waals surface area contributed by atoms with Gasteiger partial charge in [-0.05, 0) is 36.6 Å². The van der Waals surface area contributed by atoms with Gasteiger partial charge in [0.05, 0.1) is 6.54 Å². The lowest BCUT2D eigenvalue weighted by atomic mass is 10.2. The average Bonchev–Trinajstić information content (AvgIpc) is 3.19. The first-order valence-corrected chi connectivity index (χ1v) is 6.24. The van der Waals surface area contributed by atoms with Crippen molar-refractivity contribution in [2.75, 3.05) is 12.3 Å². The second kappa shape index (κ2) is 6.04. The third-order valence-electron chi connectivity index (χ3n) is 2.73. The van der Waals surface area contributed by atoms with Gasteiger partial charge in [0.2, 0.25) is 11.8 Å². The van der Waals surface area contributed by atoms with E-state index in [2.05, 4.69) is 10.6 Å². The van der Waals surface area contributed by atoms with E-state index in [1.165, 1.54) is 6.08 Å². The molecule has 1 fully saturated rings. The zero-order valence-corrected chi connectivity index (χ0v) is 10.6. The van der Waals surface area contributed by atoms with Crippen LogP contribution in [0.2, 0.25) is 0 Å². The van der Waals surface area contributed by atoms with E-state index in [1.807, 2.05) is 12.1 Å². The average molecular weight is 259 g/mol. The highest BCUT2D eigenvalue weighted by Crippen LogP contribution is 2.18. The quantitative estimate of drug-likeness (QED) is 0.537. The molecule has 5 heteroatoms. The summed E-state index contributed by atoms with van der Waals surface area (Å²) in [7, 11) is 0. The second-order valence-electron chi connectivity index (χ2n) is 4.56. The Bertz CT molecular complexity index is 490. The van der Waals surface area contributed by atoms with Gasteiger partial charge in [-0.25, -0.2) is 0 Å². The molecule has 0 aliphatic heterocycles. The Kier molecular flexibility index (Phi) is 4.18. The molecule has 0 spiro atoms. The molecule has 4 N–H and O–H groups in total. The van der Waals surface area contributed by atoms with Crippen molar-refractivity contribution in [1.29, 1.82) is 0 Å². The number of hydrogen-bond acceptors (Lipinski definition) is 3. The SMILES string of the molecule is Nc1ccc(/C=C/C(=O)NCC(=O)NC2CC2)cc1. The molecule has 2 rings (SSSR count). The maximum atomic E-state index is 11.5. The molecule has 0 bridgehead atoms. The van der Waals surface area contributed by atoms with Gasteiger partial charge in [0.1, 0.15) is 0 Å². The highest BCUT2D eigenvalue weighted by Gasteiger charge is 2.22. The number of anilines is 1. The number of nitrogens with two attached hydrogens (primary N) is 1. The molecule has 0 aromatic heterocycles. The predicted octanol–water partition coefficient (Wildman–Crippen LogP) is 0.677. The van der Waals surface area contributed by atoms with Crippen LogP contribution >= 0.6 is 0 Å². The molecule has 1 saturated carbocycles. The number of benzene rings is 1. The molecule has 0 radical (unpaired) electrons. The molecule has 0 atom stereocenters. The first kappa shape index (κ1) is 13.1. The Labute approximate surface area is 111 Å². The summed E-state index contributed by atoms with van der Waals surface area (Å²) in [5.74, 6) is -0.431. The summed E-state index contributed by atoms with van der Waals surface area (Å²) in [6, 6.07) is 7.48. The molecule has 1 aliphatic carbocycles. The predicted molar refractivity (Wildman–Crippen MR) is 74.1 cm³/mol. The van der Waals surface area contributed by atoms with Crippen LogP contribution in [0, 0.1) is 0 Å². The zero-order valence-electron chi connectivity index (χ0n) is 10.6. The molecule has 0 unspecified atom stereocenters. The van der Waals surface area contributed by atoms with Gasteiger partial charge in [-0.3, -0.25) is 9.59 Å². The van der Waals surface area contributed by atoms with E-state index in [0.29, 0.717) is 11.7 Å². The molecule has 19 heavy (non-hydrogen) atoms. The second-order valence-corrected chi connectivity index (χ2v) is 4.56. The summed E-state index contributed by atoms with van der Waals surface area (Å²) in [6.07, 6.45) is 5.15. The van der Waals surface area contributed by atoms with Gasteiger partial charge in [-0.2, -0.15) is 0 Å². The fourth-order valence-corrected chi connectivity index (χ4v) is 1.51. The van der Waals surface area contributed by atoms with E-state index in [0.717, 1.165) is 18.4 Å². The summed E-state index contributed by atoms with van der Waals surface area (Å²) in [4.78, 5) is 22.8. The normalized spacial score (nSPS) is 14.3. The van der Waals surface area contributed by atoms with E-state index in [1.54, 1.807) is 18.2 Å². The van der Waals surface area contributed by atoms with Crippen LogP contribution in [0.15, 0.2) is 30.3 Å². The van der Waals surface area contributed by atoms with Crippen LogP contribution in [0.4, 0.5) is 5.69 Å². The molecule has 0 saturated heterocycles. The van der Waals surface area contributed by atoms with Crippen LogP contribution in [0.3, 0.4) is 0 Å². The Morgan fingerprint density at radius 3 is 2.58 bits per heavy atom. The van der Waals surface area contributed by atoms with Crippen LogP contribution in [-0.4, -0.2) is 24.4 Å². The number of amides is 2. The van der Waals surface area contributed by atoms with Crippen LogP contribution in [0.25, 0.3) is 6.08 Å². The number of carbonyl (C=O) groups is 2. The van der Waals surface area contributed by atoms with Gasteiger partial charge in [0, 0.05) is 17.8 Å². The standard InChI is InChI=1S/C14H17N3O2/c15-11-4-1-10(2-5-11)3-8-13(18)16-9-14(19)17-12-6-7-12/h1-5,8,12H,6-7,9,15H2,(H,16,18)(H,17,19)/b8-3+. The topological polar surface area (TPSA) is 84.2 Å². The highest BCUT2D eigenvalue weighted by atomic mass is 16.2. The zero-order chi connectivity index (χ0) is 13.7. The fraction of sp³-hybridized carbons (Fsp3) is 0.286. The van der Waals surface area contributed by atoms with E-state index < -0.39 is 0 Å². The Morgan fingerprint density at radius 1 is 1.26 bits per heavy atom. The molecule has 0 heterocycles. The van der Waals surface area contributed by atoms with Crippen molar-refractivity contribution in [1.82, 2.24) is 10.6 Å². The molecule has 5 nitrogen and oxygen atoms in total. The largest absolute Gasteiger partial charge is 0.399 e. The van der Waals surface area contributed by atoms with Gasteiger partial charge in [-0.1, -0.05) is 12.1 Å². The van der Waals surface area contributed by atoms with Crippen LogP contribution in [-0.2, 0) is 9.59 Å². The summed E-state index contributed by atoms with van der Waals surface area (Å²) < 4.78 is 0. The molecular formula is C14H17N3O2. The molecular weight excluding hydrogens is 242 g/mol. The molecule has 1 aliphatic rings. The van der Waals surface area contributed by atoms with Crippen molar-refractivity contribution in [3.05, 3.63) is 35.9 Å². The number of hydrogen-bond donors (Lipinski definition) is 3. The van der Waals surface area contributed by atoms with Crippen molar-refractivity contribution in [2.45, 2.75) is 18.9 Å². The minimum absolute atomic E-state index is 0.0153. The number of carbonyl (C=O) groups excluding carboxylic acids is 2. The maximum absolute atomic E-state index is 11.5. The number of nitrogens with one attached hydrogen (secondary N) is 2. The van der Waals surface area contributed by atoms with E-state index in [9.17, 15) is 9.59 Å². The van der Waals surface area contributed by atoms with Gasteiger partial charge < -0.3 is 16.4 Å². The summed E-state index contributed by atoms with van der Waals surface area (Å²) in [6.45, 7) is 0.0153. The monoisotopic (exact) mass is 259 g/mol.